The summed E-state index contributed by atoms with van der Waals surface area (Å²) in [6, 6.07) is -0.157. The number of rotatable bonds is 0. The van der Waals surface area contributed by atoms with E-state index < -0.39 is 0 Å². The molecule has 1 aliphatic carbocycles. The van der Waals surface area contributed by atoms with Crippen molar-refractivity contribution in [2.75, 3.05) is 0 Å². The monoisotopic (exact) mass is 113 g/mol. The van der Waals surface area contributed by atoms with Crippen molar-refractivity contribution in [2.45, 2.75) is 25.8 Å². The minimum absolute atomic E-state index is 0.157. The SMILES string of the molecule is C[C@@H]1CCC(=O)[C@@H]1N. The van der Waals surface area contributed by atoms with Gasteiger partial charge in [-0.2, -0.15) is 0 Å². The molecule has 1 saturated carbocycles. The van der Waals surface area contributed by atoms with Gasteiger partial charge in [0.15, 0.2) is 0 Å². The van der Waals surface area contributed by atoms with Crippen LogP contribution < -0.4 is 5.73 Å². The molecule has 0 saturated heterocycles. The molecule has 0 bridgehead atoms. The maximum Gasteiger partial charge on any atom is 0.149 e. The van der Waals surface area contributed by atoms with E-state index in [-0.39, 0.29) is 11.8 Å². The van der Waals surface area contributed by atoms with E-state index in [1.807, 2.05) is 6.92 Å². The molecule has 8 heavy (non-hydrogen) atoms. The van der Waals surface area contributed by atoms with Gasteiger partial charge in [-0.25, -0.2) is 0 Å². The largest absolute Gasteiger partial charge is 0.321 e. The molecule has 46 valence electrons. The second-order valence-electron chi connectivity index (χ2n) is 2.51. The Hall–Kier alpha value is -0.370. The third-order valence-electron chi connectivity index (χ3n) is 1.83. The second kappa shape index (κ2) is 1.86. The maximum atomic E-state index is 10.7. The number of nitrogens with two attached hydrogens (primary N) is 1. The summed E-state index contributed by atoms with van der Waals surface area (Å²) in [6.45, 7) is 2.02. The number of ketones is 1. The van der Waals surface area contributed by atoms with E-state index in [9.17, 15) is 4.79 Å². The predicted molar refractivity (Wildman–Crippen MR) is 31.4 cm³/mol. The fraction of sp³-hybridized carbons (Fsp3) is 0.833. The summed E-state index contributed by atoms with van der Waals surface area (Å²) in [5.41, 5.74) is 5.47. The quantitative estimate of drug-likeness (QED) is 0.491. The van der Waals surface area contributed by atoms with Crippen LogP contribution in [0.15, 0.2) is 0 Å². The molecule has 2 heteroatoms. The van der Waals surface area contributed by atoms with Gasteiger partial charge in [-0.15, -0.1) is 0 Å². The first-order chi connectivity index (χ1) is 3.72. The molecular formula is C6H11NO. The first-order valence-corrected chi connectivity index (χ1v) is 3.00. The Morgan fingerprint density at radius 1 is 1.75 bits per heavy atom. The van der Waals surface area contributed by atoms with Gasteiger partial charge in [-0.3, -0.25) is 4.79 Å². The van der Waals surface area contributed by atoms with E-state index in [0.29, 0.717) is 12.3 Å². The van der Waals surface area contributed by atoms with Crippen LogP contribution in [0.25, 0.3) is 0 Å². The van der Waals surface area contributed by atoms with E-state index in [2.05, 4.69) is 0 Å². The summed E-state index contributed by atoms with van der Waals surface area (Å²) in [4.78, 5) is 10.7. The molecule has 0 aromatic carbocycles. The minimum Gasteiger partial charge on any atom is -0.321 e. The molecule has 0 heterocycles. The molecule has 0 aliphatic heterocycles. The number of carbonyl (C=O) groups excluding carboxylic acids is 1. The van der Waals surface area contributed by atoms with Crippen LogP contribution in [-0.2, 0) is 4.79 Å². The van der Waals surface area contributed by atoms with Gasteiger partial charge in [0, 0.05) is 6.42 Å². The molecule has 1 aliphatic rings. The highest BCUT2D eigenvalue weighted by Crippen LogP contribution is 2.19. The van der Waals surface area contributed by atoms with E-state index in [0.717, 1.165) is 6.42 Å². The lowest BCUT2D eigenvalue weighted by Gasteiger charge is -2.04. The molecule has 2 N–H and O–H groups in total. The Labute approximate surface area is 49.1 Å². The average molecular weight is 113 g/mol. The molecule has 0 unspecified atom stereocenters. The lowest BCUT2D eigenvalue weighted by molar-refractivity contribution is -0.118. The molecule has 0 aromatic rings. The van der Waals surface area contributed by atoms with Crippen molar-refractivity contribution in [3.63, 3.8) is 0 Å². The lowest BCUT2D eigenvalue weighted by Crippen LogP contribution is -2.29. The predicted octanol–water partition coefficient (Wildman–Crippen LogP) is 0.313. The van der Waals surface area contributed by atoms with Crippen LogP contribution in [0, 0.1) is 5.92 Å². The van der Waals surface area contributed by atoms with Gasteiger partial charge < -0.3 is 5.73 Å². The van der Waals surface area contributed by atoms with Crippen molar-refractivity contribution in [1.82, 2.24) is 0 Å². The first kappa shape index (κ1) is 5.76. The van der Waals surface area contributed by atoms with Gasteiger partial charge in [0.2, 0.25) is 0 Å². The van der Waals surface area contributed by atoms with Crippen molar-refractivity contribution in [2.24, 2.45) is 11.7 Å². The molecule has 0 amide bonds. The van der Waals surface area contributed by atoms with Gasteiger partial charge in [0.25, 0.3) is 0 Å². The first-order valence-electron chi connectivity index (χ1n) is 3.00. The smallest absolute Gasteiger partial charge is 0.149 e. The summed E-state index contributed by atoms with van der Waals surface area (Å²) in [7, 11) is 0. The summed E-state index contributed by atoms with van der Waals surface area (Å²) in [5.74, 6) is 0.653. The molecule has 0 aromatic heterocycles. The number of hydrogen-bond donors (Lipinski definition) is 1. The van der Waals surface area contributed by atoms with E-state index in [1.165, 1.54) is 0 Å². The normalized spacial score (nSPS) is 38.5. The standard InChI is InChI=1S/C6H11NO/c1-4-2-3-5(8)6(4)7/h4,6H,2-3,7H2,1H3/t4-,6-/m1/s1. The fourth-order valence-corrected chi connectivity index (χ4v) is 1.03. The molecular weight excluding hydrogens is 102 g/mol. The van der Waals surface area contributed by atoms with Crippen molar-refractivity contribution in [3.8, 4) is 0 Å². The molecule has 1 fully saturated rings. The number of carbonyl (C=O) groups is 1. The van der Waals surface area contributed by atoms with Crippen LogP contribution in [0.3, 0.4) is 0 Å². The number of Topliss-reactive ketones (excluding diaryl/α,β-unsaturated/α-hetero) is 1. The molecule has 0 radical (unpaired) electrons. The molecule has 2 atom stereocenters. The second-order valence-corrected chi connectivity index (χ2v) is 2.51. The lowest BCUT2D eigenvalue weighted by atomic mass is 10.1. The maximum absolute atomic E-state index is 10.7. The van der Waals surface area contributed by atoms with Gasteiger partial charge in [-0.1, -0.05) is 6.92 Å². The average Bonchev–Trinajstić information content (AvgIpc) is 1.98. The third-order valence-corrected chi connectivity index (χ3v) is 1.83. The van der Waals surface area contributed by atoms with Gasteiger partial charge in [0.1, 0.15) is 5.78 Å². The summed E-state index contributed by atoms with van der Waals surface area (Å²) in [5, 5.41) is 0. The van der Waals surface area contributed by atoms with E-state index >= 15 is 0 Å². The summed E-state index contributed by atoms with van der Waals surface area (Å²) in [6.07, 6.45) is 1.68. The molecule has 1 rings (SSSR count). The van der Waals surface area contributed by atoms with Crippen LogP contribution in [0.4, 0.5) is 0 Å². The highest BCUT2D eigenvalue weighted by Gasteiger charge is 2.27. The van der Waals surface area contributed by atoms with Gasteiger partial charge >= 0.3 is 0 Å². The van der Waals surface area contributed by atoms with Crippen LogP contribution in [0.2, 0.25) is 0 Å². The highest BCUT2D eigenvalue weighted by molar-refractivity contribution is 5.86. The zero-order chi connectivity index (χ0) is 6.15. The van der Waals surface area contributed by atoms with E-state index in [1.54, 1.807) is 0 Å². The molecule has 0 spiro atoms. The van der Waals surface area contributed by atoms with Gasteiger partial charge in [0.05, 0.1) is 6.04 Å². The van der Waals surface area contributed by atoms with Crippen molar-refractivity contribution in [1.29, 1.82) is 0 Å². The zero-order valence-electron chi connectivity index (χ0n) is 5.05. The topological polar surface area (TPSA) is 43.1 Å². The summed E-state index contributed by atoms with van der Waals surface area (Å²) >= 11 is 0. The number of hydrogen-bond acceptors (Lipinski definition) is 2. The molecule has 2 nitrogen and oxygen atoms in total. The van der Waals surface area contributed by atoms with Crippen LogP contribution in [0.1, 0.15) is 19.8 Å². The third kappa shape index (κ3) is 0.757. The Morgan fingerprint density at radius 3 is 2.50 bits per heavy atom. The Morgan fingerprint density at radius 2 is 2.38 bits per heavy atom. The fourth-order valence-electron chi connectivity index (χ4n) is 1.03. The van der Waals surface area contributed by atoms with Crippen LogP contribution >= 0.6 is 0 Å². The minimum atomic E-state index is -0.157. The zero-order valence-corrected chi connectivity index (χ0v) is 5.05. The summed E-state index contributed by atoms with van der Waals surface area (Å²) < 4.78 is 0. The van der Waals surface area contributed by atoms with Gasteiger partial charge in [-0.05, 0) is 12.3 Å². The Bertz CT molecular complexity index is 111. The van der Waals surface area contributed by atoms with Crippen LogP contribution in [0.5, 0.6) is 0 Å². The highest BCUT2D eigenvalue weighted by atomic mass is 16.1. The van der Waals surface area contributed by atoms with Crippen molar-refractivity contribution < 1.29 is 4.79 Å². The Kier molecular flexibility index (Phi) is 1.34. The van der Waals surface area contributed by atoms with Crippen molar-refractivity contribution in [3.05, 3.63) is 0 Å². The van der Waals surface area contributed by atoms with Crippen LogP contribution in [-0.4, -0.2) is 11.8 Å². The van der Waals surface area contributed by atoms with Crippen molar-refractivity contribution >= 4 is 5.78 Å². The Balaban J connectivity index is 2.56. The van der Waals surface area contributed by atoms with E-state index in [4.69, 9.17) is 5.73 Å².